The average molecular weight is 613 g/mol. The van der Waals surface area contributed by atoms with Crippen molar-refractivity contribution in [3.8, 4) is 11.5 Å². The lowest BCUT2D eigenvalue weighted by Crippen LogP contribution is -2.42. The summed E-state index contributed by atoms with van der Waals surface area (Å²) in [5, 5.41) is 0. The molecule has 0 aromatic heterocycles. The molecule has 0 aliphatic carbocycles. The molecule has 0 radical (unpaired) electrons. The molecule has 1 saturated heterocycles. The molecule has 1 amide bonds. The first-order valence-electron chi connectivity index (χ1n) is 14.5. The van der Waals surface area contributed by atoms with E-state index >= 15 is 0 Å². The molecule has 11 heteroatoms. The zero-order chi connectivity index (χ0) is 30.3. The van der Waals surface area contributed by atoms with Gasteiger partial charge in [0.25, 0.3) is 0 Å². The van der Waals surface area contributed by atoms with E-state index in [9.17, 15) is 13.2 Å². The first-order chi connectivity index (χ1) is 20.9. The van der Waals surface area contributed by atoms with E-state index in [1.54, 1.807) is 7.11 Å². The highest BCUT2D eigenvalue weighted by atomic mass is 32.2. The second kappa shape index (κ2) is 16.9. The molecule has 3 aromatic carbocycles. The Morgan fingerprint density at radius 1 is 0.977 bits per heavy atom. The summed E-state index contributed by atoms with van der Waals surface area (Å²) in [4.78, 5) is 12.4. The molecule has 1 heterocycles. The van der Waals surface area contributed by atoms with Crippen molar-refractivity contribution < 1.29 is 36.9 Å². The van der Waals surface area contributed by atoms with Gasteiger partial charge in [-0.25, -0.2) is 9.52 Å². The summed E-state index contributed by atoms with van der Waals surface area (Å²) in [6.45, 7) is 2.08. The van der Waals surface area contributed by atoms with Gasteiger partial charge in [0.05, 0.1) is 25.4 Å². The Morgan fingerprint density at radius 3 is 2.47 bits per heavy atom. The number of methoxy groups -OCH3 is 1. The molecule has 232 valence electrons. The van der Waals surface area contributed by atoms with Crippen LogP contribution >= 0.6 is 0 Å². The van der Waals surface area contributed by atoms with Crippen molar-refractivity contribution in [1.29, 1.82) is 0 Å². The first-order valence-corrected chi connectivity index (χ1v) is 15.9. The number of amides is 1. The quantitative estimate of drug-likeness (QED) is 0.210. The van der Waals surface area contributed by atoms with Crippen LogP contribution in [0.2, 0.25) is 0 Å². The molecular formula is C32H40N2O8S. The monoisotopic (exact) mass is 612 g/mol. The number of ether oxygens (including phenoxy) is 5. The predicted octanol–water partition coefficient (Wildman–Crippen LogP) is 4.75. The topological polar surface area (TPSA) is 121 Å². The minimum atomic E-state index is -4.20. The van der Waals surface area contributed by atoms with Crippen molar-refractivity contribution in [2.45, 2.75) is 44.2 Å². The lowest BCUT2D eigenvalue weighted by molar-refractivity contribution is 0.0674. The van der Waals surface area contributed by atoms with Gasteiger partial charge in [0.2, 0.25) is 0 Å². The highest BCUT2D eigenvalue weighted by Crippen LogP contribution is 2.27. The van der Waals surface area contributed by atoms with Crippen LogP contribution in [-0.2, 0) is 37.3 Å². The van der Waals surface area contributed by atoms with E-state index in [-0.39, 0.29) is 12.7 Å². The highest BCUT2D eigenvalue weighted by Gasteiger charge is 2.23. The molecule has 0 saturated carbocycles. The summed E-state index contributed by atoms with van der Waals surface area (Å²) < 4.78 is 58.0. The van der Waals surface area contributed by atoms with E-state index < -0.39 is 22.3 Å². The fourth-order valence-electron chi connectivity index (χ4n) is 4.71. The van der Waals surface area contributed by atoms with Crippen LogP contribution < -0.4 is 18.9 Å². The number of rotatable bonds is 17. The van der Waals surface area contributed by atoms with Crippen LogP contribution in [0.4, 0.5) is 4.79 Å². The van der Waals surface area contributed by atoms with Crippen LogP contribution in [0.5, 0.6) is 11.5 Å². The standard InChI is InChI=1S/C32H40N2O8S/c1-38-20-21-40-28-17-16-27(31(23-28)42-24-29-15-9-18-39-29)14-8-19-41-32(35)34-43(36,37)33-30(26-12-6-3-7-13-26)22-25-10-4-2-5-11-25/h2-7,10-13,16-17,23,29-30,33H,8-9,14-15,18-22,24H2,1H3,(H,34,35). The predicted molar refractivity (Wildman–Crippen MR) is 162 cm³/mol. The van der Waals surface area contributed by atoms with Crippen LogP contribution in [0.25, 0.3) is 0 Å². The van der Waals surface area contributed by atoms with Crippen molar-refractivity contribution >= 4 is 16.3 Å². The van der Waals surface area contributed by atoms with Crippen molar-refractivity contribution in [3.63, 3.8) is 0 Å². The molecule has 0 spiro atoms. The summed E-state index contributed by atoms with van der Waals surface area (Å²) in [5.74, 6) is 1.34. The largest absolute Gasteiger partial charge is 0.491 e. The number of carbonyl (C=O) groups is 1. The number of hydrogen-bond acceptors (Lipinski definition) is 8. The molecule has 3 aromatic rings. The van der Waals surface area contributed by atoms with Gasteiger partial charge in [-0.3, -0.25) is 0 Å². The molecule has 4 rings (SSSR count). The van der Waals surface area contributed by atoms with Crippen molar-refractivity contribution in [2.24, 2.45) is 0 Å². The van der Waals surface area contributed by atoms with Gasteiger partial charge in [-0.05, 0) is 54.9 Å². The normalized spacial score (nSPS) is 15.5. The van der Waals surface area contributed by atoms with Gasteiger partial charge >= 0.3 is 16.3 Å². The first kappa shape index (κ1) is 32.3. The molecule has 2 N–H and O–H groups in total. The maximum Gasteiger partial charge on any atom is 0.421 e. The molecule has 1 aliphatic rings. The summed E-state index contributed by atoms with van der Waals surface area (Å²) in [6.07, 6.45) is 2.41. The van der Waals surface area contributed by atoms with Gasteiger partial charge in [0.1, 0.15) is 24.7 Å². The minimum Gasteiger partial charge on any atom is -0.491 e. The van der Waals surface area contributed by atoms with E-state index in [0.29, 0.717) is 50.6 Å². The van der Waals surface area contributed by atoms with Gasteiger partial charge in [0.15, 0.2) is 0 Å². The van der Waals surface area contributed by atoms with E-state index in [0.717, 1.165) is 36.1 Å². The van der Waals surface area contributed by atoms with Crippen LogP contribution in [0, 0.1) is 0 Å². The third-order valence-corrected chi connectivity index (χ3v) is 7.90. The highest BCUT2D eigenvalue weighted by molar-refractivity contribution is 7.88. The Labute approximate surface area is 253 Å². The molecule has 0 bridgehead atoms. The number of aryl methyl sites for hydroxylation is 1. The van der Waals surface area contributed by atoms with Crippen LogP contribution in [-0.4, -0.2) is 60.8 Å². The third-order valence-electron chi connectivity index (χ3n) is 6.87. The van der Waals surface area contributed by atoms with Crippen LogP contribution in [0.3, 0.4) is 0 Å². The number of benzene rings is 3. The molecule has 1 fully saturated rings. The minimum absolute atomic E-state index is 0.0186. The van der Waals surface area contributed by atoms with Crippen molar-refractivity contribution in [3.05, 3.63) is 95.6 Å². The Kier molecular flexibility index (Phi) is 12.7. The smallest absolute Gasteiger partial charge is 0.421 e. The molecule has 2 atom stereocenters. The average Bonchev–Trinajstić information content (AvgIpc) is 3.53. The maximum absolute atomic E-state index is 12.9. The Bertz CT molecular complexity index is 1370. The molecular weight excluding hydrogens is 572 g/mol. The van der Waals surface area contributed by atoms with E-state index in [1.165, 1.54) is 0 Å². The SMILES string of the molecule is COCCOc1ccc(CCCOC(=O)NS(=O)(=O)NC(Cc2ccccc2)c2ccccc2)c(OCC2CCCO2)c1. The lowest BCUT2D eigenvalue weighted by atomic mass is 10.00. The van der Waals surface area contributed by atoms with E-state index in [1.807, 2.05) is 83.6 Å². The van der Waals surface area contributed by atoms with Gasteiger partial charge in [-0.1, -0.05) is 66.7 Å². The van der Waals surface area contributed by atoms with Gasteiger partial charge < -0.3 is 23.7 Å². The second-order valence-corrected chi connectivity index (χ2v) is 11.6. The zero-order valence-corrected chi connectivity index (χ0v) is 25.2. The van der Waals surface area contributed by atoms with Crippen molar-refractivity contribution in [2.75, 3.05) is 40.1 Å². The second-order valence-electron chi connectivity index (χ2n) is 10.2. The van der Waals surface area contributed by atoms with Gasteiger partial charge in [-0.15, -0.1) is 0 Å². The van der Waals surface area contributed by atoms with Crippen LogP contribution in [0.1, 0.15) is 42.0 Å². The number of carbonyl (C=O) groups excluding carboxylic acids is 1. The van der Waals surface area contributed by atoms with Gasteiger partial charge in [0, 0.05) is 19.8 Å². The molecule has 1 aliphatic heterocycles. The van der Waals surface area contributed by atoms with E-state index in [4.69, 9.17) is 23.7 Å². The number of nitrogens with one attached hydrogen (secondary N) is 2. The molecule has 10 nitrogen and oxygen atoms in total. The fourth-order valence-corrected chi connectivity index (χ4v) is 5.64. The molecule has 43 heavy (non-hydrogen) atoms. The summed E-state index contributed by atoms with van der Waals surface area (Å²) in [5.41, 5.74) is 2.65. The van der Waals surface area contributed by atoms with Crippen molar-refractivity contribution in [1.82, 2.24) is 9.44 Å². The number of hydrogen-bond donors (Lipinski definition) is 2. The summed E-state index contributed by atoms with van der Waals surface area (Å²) in [7, 11) is -2.59. The zero-order valence-electron chi connectivity index (χ0n) is 24.4. The third kappa shape index (κ3) is 11.2. The lowest BCUT2D eigenvalue weighted by Gasteiger charge is -2.19. The van der Waals surface area contributed by atoms with E-state index in [2.05, 4.69) is 4.72 Å². The Hall–Kier alpha value is -3.64. The summed E-state index contributed by atoms with van der Waals surface area (Å²) in [6, 6.07) is 23.8. The Balaban J connectivity index is 1.28. The Morgan fingerprint density at radius 2 is 1.74 bits per heavy atom. The maximum atomic E-state index is 12.9. The van der Waals surface area contributed by atoms with Crippen LogP contribution in [0.15, 0.2) is 78.9 Å². The summed E-state index contributed by atoms with van der Waals surface area (Å²) >= 11 is 0. The fraction of sp³-hybridized carbons (Fsp3) is 0.406. The molecule has 2 unspecified atom stereocenters. The van der Waals surface area contributed by atoms with Gasteiger partial charge in [-0.2, -0.15) is 13.1 Å².